The van der Waals surface area contributed by atoms with E-state index in [1.807, 2.05) is 7.05 Å². The first kappa shape index (κ1) is 10.5. The number of hydrogen-bond acceptors (Lipinski definition) is 2. The normalized spacial score (nSPS) is 25.5. The summed E-state index contributed by atoms with van der Waals surface area (Å²) >= 11 is 0. The first-order chi connectivity index (χ1) is 7.28. The molecule has 0 bridgehead atoms. The van der Waals surface area contributed by atoms with E-state index in [0.29, 0.717) is 12.1 Å². The Kier molecular flexibility index (Phi) is 3.27. The summed E-state index contributed by atoms with van der Waals surface area (Å²) in [5.41, 5.74) is 1.28. The fourth-order valence-corrected chi connectivity index (χ4v) is 2.12. The summed E-state index contributed by atoms with van der Waals surface area (Å²) in [6, 6.07) is 8.95. The van der Waals surface area contributed by atoms with E-state index in [0.717, 1.165) is 12.2 Å². The minimum atomic E-state index is 0.394. The smallest absolute Gasteiger partial charge is 0.119 e. The molecule has 1 aromatic carbocycles. The minimum absolute atomic E-state index is 0.394. The van der Waals surface area contributed by atoms with E-state index in [4.69, 9.17) is 4.74 Å². The monoisotopic (exact) mass is 205 g/mol. The Hall–Kier alpha value is -1.02. The lowest BCUT2D eigenvalue weighted by molar-refractivity contribution is 0.206. The van der Waals surface area contributed by atoms with Gasteiger partial charge in [-0.15, -0.1) is 0 Å². The van der Waals surface area contributed by atoms with Crippen LogP contribution in [0, 0.1) is 6.92 Å². The molecule has 1 aliphatic carbocycles. The number of ether oxygens (including phenoxy) is 1. The zero-order valence-electron chi connectivity index (χ0n) is 9.49. The third kappa shape index (κ3) is 2.72. The molecule has 2 heteroatoms. The van der Waals surface area contributed by atoms with Gasteiger partial charge in [0.05, 0.1) is 0 Å². The van der Waals surface area contributed by atoms with Crippen LogP contribution in [0.2, 0.25) is 0 Å². The zero-order chi connectivity index (χ0) is 10.7. The van der Waals surface area contributed by atoms with Crippen LogP contribution >= 0.6 is 0 Å². The second-order valence-electron chi connectivity index (χ2n) is 4.35. The Morgan fingerprint density at radius 1 is 1.20 bits per heavy atom. The molecule has 0 aliphatic heterocycles. The molecule has 0 radical (unpaired) electrons. The maximum Gasteiger partial charge on any atom is 0.119 e. The molecule has 1 aromatic rings. The van der Waals surface area contributed by atoms with Gasteiger partial charge in [-0.1, -0.05) is 17.7 Å². The minimum Gasteiger partial charge on any atom is -0.490 e. The topological polar surface area (TPSA) is 21.3 Å². The third-order valence-electron chi connectivity index (χ3n) is 3.12. The predicted molar refractivity (Wildman–Crippen MR) is 62.3 cm³/mol. The van der Waals surface area contributed by atoms with Gasteiger partial charge in [0.25, 0.3) is 0 Å². The van der Waals surface area contributed by atoms with Crippen LogP contribution in [0.25, 0.3) is 0 Å². The van der Waals surface area contributed by atoms with Gasteiger partial charge in [-0.25, -0.2) is 0 Å². The van der Waals surface area contributed by atoms with Gasteiger partial charge < -0.3 is 10.1 Å². The van der Waals surface area contributed by atoms with Gasteiger partial charge in [0, 0.05) is 6.04 Å². The molecular formula is C13H19NO. The van der Waals surface area contributed by atoms with Crippen molar-refractivity contribution < 1.29 is 4.74 Å². The molecule has 2 unspecified atom stereocenters. The molecule has 1 aliphatic rings. The highest BCUT2D eigenvalue weighted by Crippen LogP contribution is 2.24. The van der Waals surface area contributed by atoms with Gasteiger partial charge in [-0.2, -0.15) is 0 Å². The summed E-state index contributed by atoms with van der Waals surface area (Å²) in [7, 11) is 2.03. The van der Waals surface area contributed by atoms with Gasteiger partial charge in [-0.3, -0.25) is 0 Å². The molecule has 2 atom stereocenters. The lowest BCUT2D eigenvalue weighted by atomic mass is 10.2. The van der Waals surface area contributed by atoms with Crippen LogP contribution in [0.5, 0.6) is 5.75 Å². The molecule has 0 aromatic heterocycles. The molecule has 1 saturated carbocycles. The lowest BCUT2D eigenvalue weighted by Crippen LogP contribution is -2.23. The molecule has 0 saturated heterocycles. The number of benzene rings is 1. The molecular weight excluding hydrogens is 186 g/mol. The maximum absolute atomic E-state index is 5.92. The zero-order valence-corrected chi connectivity index (χ0v) is 9.49. The standard InChI is InChI=1S/C13H19NO/c1-10-3-6-12(7-4-10)15-13-8-5-11(9-13)14-2/h3-4,6-7,11,13-14H,5,8-9H2,1-2H3. The van der Waals surface area contributed by atoms with E-state index in [1.54, 1.807) is 0 Å². The second kappa shape index (κ2) is 4.67. The van der Waals surface area contributed by atoms with Crippen LogP contribution in [0.4, 0.5) is 0 Å². The SMILES string of the molecule is CNC1CCC(Oc2ccc(C)cc2)C1. The average Bonchev–Trinajstić information content (AvgIpc) is 2.69. The highest BCUT2D eigenvalue weighted by atomic mass is 16.5. The number of rotatable bonds is 3. The van der Waals surface area contributed by atoms with Crippen LogP contribution in [0.1, 0.15) is 24.8 Å². The molecule has 2 nitrogen and oxygen atoms in total. The molecule has 1 fully saturated rings. The fourth-order valence-electron chi connectivity index (χ4n) is 2.12. The van der Waals surface area contributed by atoms with E-state index in [2.05, 4.69) is 36.5 Å². The number of hydrogen-bond donors (Lipinski definition) is 1. The second-order valence-corrected chi connectivity index (χ2v) is 4.35. The van der Waals surface area contributed by atoms with Crippen molar-refractivity contribution in [2.24, 2.45) is 0 Å². The largest absolute Gasteiger partial charge is 0.490 e. The summed E-state index contributed by atoms with van der Waals surface area (Å²) in [5, 5.41) is 3.31. The fraction of sp³-hybridized carbons (Fsp3) is 0.538. The van der Waals surface area contributed by atoms with Crippen molar-refractivity contribution >= 4 is 0 Å². The average molecular weight is 205 g/mol. The summed E-state index contributed by atoms with van der Waals surface area (Å²) in [6.07, 6.45) is 3.92. The Morgan fingerprint density at radius 3 is 2.53 bits per heavy atom. The molecule has 15 heavy (non-hydrogen) atoms. The van der Waals surface area contributed by atoms with Crippen molar-refractivity contribution in [3.63, 3.8) is 0 Å². The van der Waals surface area contributed by atoms with E-state index < -0.39 is 0 Å². The Balaban J connectivity index is 1.90. The van der Waals surface area contributed by atoms with Crippen LogP contribution < -0.4 is 10.1 Å². The van der Waals surface area contributed by atoms with Gasteiger partial charge >= 0.3 is 0 Å². The Bertz CT molecular complexity index is 307. The van der Waals surface area contributed by atoms with Gasteiger partial charge in [-0.05, 0) is 45.4 Å². The highest BCUT2D eigenvalue weighted by molar-refractivity contribution is 5.26. The first-order valence-corrected chi connectivity index (χ1v) is 5.68. The summed E-state index contributed by atoms with van der Waals surface area (Å²) in [6.45, 7) is 2.09. The quantitative estimate of drug-likeness (QED) is 0.818. The molecule has 0 amide bonds. The molecule has 1 N–H and O–H groups in total. The van der Waals surface area contributed by atoms with Crippen molar-refractivity contribution in [1.29, 1.82) is 0 Å². The third-order valence-corrected chi connectivity index (χ3v) is 3.12. The van der Waals surface area contributed by atoms with Crippen molar-refractivity contribution in [2.45, 2.75) is 38.3 Å². The van der Waals surface area contributed by atoms with Crippen molar-refractivity contribution in [3.05, 3.63) is 29.8 Å². The first-order valence-electron chi connectivity index (χ1n) is 5.68. The van der Waals surface area contributed by atoms with Gasteiger partial charge in [0.2, 0.25) is 0 Å². The van der Waals surface area contributed by atoms with Crippen LogP contribution in [0.3, 0.4) is 0 Å². The van der Waals surface area contributed by atoms with Crippen LogP contribution in [0.15, 0.2) is 24.3 Å². The summed E-state index contributed by atoms with van der Waals surface area (Å²) in [4.78, 5) is 0. The predicted octanol–water partition coefficient (Wildman–Crippen LogP) is 2.51. The van der Waals surface area contributed by atoms with Crippen molar-refractivity contribution in [2.75, 3.05) is 7.05 Å². The van der Waals surface area contributed by atoms with Crippen molar-refractivity contribution in [3.8, 4) is 5.75 Å². The lowest BCUT2D eigenvalue weighted by Gasteiger charge is -2.14. The summed E-state index contributed by atoms with van der Waals surface area (Å²) in [5.74, 6) is 1.00. The molecule has 2 rings (SSSR count). The highest BCUT2D eigenvalue weighted by Gasteiger charge is 2.24. The van der Waals surface area contributed by atoms with E-state index in [-0.39, 0.29) is 0 Å². The van der Waals surface area contributed by atoms with E-state index in [9.17, 15) is 0 Å². The number of aryl methyl sites for hydroxylation is 1. The Morgan fingerprint density at radius 2 is 1.93 bits per heavy atom. The molecule has 0 spiro atoms. The van der Waals surface area contributed by atoms with Crippen molar-refractivity contribution in [1.82, 2.24) is 5.32 Å². The summed E-state index contributed by atoms with van der Waals surface area (Å²) < 4.78 is 5.92. The maximum atomic E-state index is 5.92. The van der Waals surface area contributed by atoms with E-state index >= 15 is 0 Å². The van der Waals surface area contributed by atoms with Gasteiger partial charge in [0.1, 0.15) is 11.9 Å². The molecule has 82 valence electrons. The Labute approximate surface area is 91.6 Å². The van der Waals surface area contributed by atoms with E-state index in [1.165, 1.54) is 18.4 Å². The van der Waals surface area contributed by atoms with Crippen LogP contribution in [-0.4, -0.2) is 19.2 Å². The molecule has 0 heterocycles. The van der Waals surface area contributed by atoms with Crippen LogP contribution in [-0.2, 0) is 0 Å². The van der Waals surface area contributed by atoms with Gasteiger partial charge in [0.15, 0.2) is 0 Å². The number of nitrogens with one attached hydrogen (secondary N) is 1.